The van der Waals surface area contributed by atoms with Gasteiger partial charge in [-0.3, -0.25) is 14.9 Å². The first-order valence-electron chi connectivity index (χ1n) is 8.07. The van der Waals surface area contributed by atoms with Gasteiger partial charge in [0.25, 0.3) is 11.6 Å². The van der Waals surface area contributed by atoms with Crippen molar-refractivity contribution in [2.75, 3.05) is 11.9 Å². The largest absolute Gasteiger partial charge is 0.451 e. The molecule has 0 aliphatic rings. The van der Waals surface area contributed by atoms with Crippen LogP contribution < -0.4 is 5.32 Å². The van der Waals surface area contributed by atoms with Crippen molar-refractivity contribution in [3.63, 3.8) is 0 Å². The highest BCUT2D eigenvalue weighted by Crippen LogP contribution is 2.30. The van der Waals surface area contributed by atoms with Crippen LogP contribution in [0.2, 0.25) is 0 Å². The van der Waals surface area contributed by atoms with Crippen molar-refractivity contribution >= 4 is 45.9 Å². The van der Waals surface area contributed by atoms with Crippen LogP contribution in [-0.4, -0.2) is 28.4 Å². The number of hydrogen-bond acceptors (Lipinski definition) is 8. The highest BCUT2D eigenvalue weighted by molar-refractivity contribution is 7.17. The topological polar surface area (TPSA) is 111 Å². The highest BCUT2D eigenvalue weighted by Gasteiger charge is 2.21. The number of esters is 1. The van der Waals surface area contributed by atoms with Gasteiger partial charge in [0.1, 0.15) is 15.6 Å². The van der Waals surface area contributed by atoms with Gasteiger partial charge in [0.2, 0.25) is 0 Å². The molecule has 0 bridgehead atoms. The molecule has 8 nitrogen and oxygen atoms in total. The Labute approximate surface area is 168 Å². The molecular weight excluding hydrogens is 402 g/mol. The number of thiophene rings is 1. The first-order chi connectivity index (χ1) is 13.4. The average Bonchev–Trinajstić information content (AvgIpc) is 3.30. The molecule has 28 heavy (non-hydrogen) atoms. The third kappa shape index (κ3) is 4.24. The Morgan fingerprint density at radius 1 is 1.29 bits per heavy atom. The third-order valence-electron chi connectivity index (χ3n) is 3.80. The van der Waals surface area contributed by atoms with Gasteiger partial charge in [0.15, 0.2) is 6.61 Å². The summed E-state index contributed by atoms with van der Waals surface area (Å²) < 4.78 is 5.07. The molecule has 0 saturated carbocycles. The minimum atomic E-state index is -0.661. The van der Waals surface area contributed by atoms with Crippen LogP contribution in [0.3, 0.4) is 0 Å². The van der Waals surface area contributed by atoms with Gasteiger partial charge in [0.05, 0.1) is 10.6 Å². The lowest BCUT2D eigenvalue weighted by molar-refractivity contribution is -0.384. The van der Waals surface area contributed by atoms with E-state index in [-0.39, 0.29) is 11.4 Å². The number of thiazole rings is 1. The van der Waals surface area contributed by atoms with Gasteiger partial charge in [-0.15, -0.1) is 11.3 Å². The molecule has 1 amide bonds. The van der Waals surface area contributed by atoms with E-state index in [4.69, 9.17) is 4.74 Å². The van der Waals surface area contributed by atoms with Crippen LogP contribution in [0.1, 0.15) is 20.9 Å². The first kappa shape index (κ1) is 19.6. The van der Waals surface area contributed by atoms with Gasteiger partial charge in [0, 0.05) is 17.0 Å². The molecule has 0 radical (unpaired) electrons. The van der Waals surface area contributed by atoms with E-state index in [2.05, 4.69) is 10.3 Å². The number of benzene rings is 1. The lowest BCUT2D eigenvalue weighted by Crippen LogP contribution is -2.21. The number of para-hydroxylation sites is 1. The average molecular weight is 417 g/mol. The predicted molar refractivity (Wildman–Crippen MR) is 107 cm³/mol. The fraction of sp³-hybridized carbons (Fsp3) is 0.167. The molecular formula is C18H15N3O5S2. The molecule has 144 valence electrons. The van der Waals surface area contributed by atoms with E-state index in [0.717, 1.165) is 5.56 Å². The van der Waals surface area contributed by atoms with Crippen molar-refractivity contribution in [1.29, 1.82) is 0 Å². The number of aromatic nitrogens is 1. The number of carbonyl (C=O) groups is 2. The normalized spacial score (nSPS) is 10.5. The number of aryl methyl sites for hydroxylation is 2. The summed E-state index contributed by atoms with van der Waals surface area (Å²) in [7, 11) is 0. The van der Waals surface area contributed by atoms with Crippen molar-refractivity contribution < 1.29 is 19.2 Å². The second-order valence-corrected chi connectivity index (χ2v) is 7.58. The molecule has 1 aromatic carbocycles. The minimum absolute atomic E-state index is 0.0854. The van der Waals surface area contributed by atoms with Crippen molar-refractivity contribution in [3.8, 4) is 10.6 Å². The molecule has 0 atom stereocenters. The van der Waals surface area contributed by atoms with Gasteiger partial charge in [-0.25, -0.2) is 9.78 Å². The number of nitro benzene ring substituents is 1. The fourth-order valence-electron chi connectivity index (χ4n) is 2.43. The Hall–Kier alpha value is -3.11. The highest BCUT2D eigenvalue weighted by atomic mass is 32.1. The molecule has 1 N–H and O–H groups in total. The van der Waals surface area contributed by atoms with Gasteiger partial charge in [-0.1, -0.05) is 12.1 Å². The molecule has 10 heteroatoms. The summed E-state index contributed by atoms with van der Waals surface area (Å²) in [6.45, 7) is 2.77. The van der Waals surface area contributed by atoms with E-state index in [0.29, 0.717) is 21.1 Å². The second kappa shape index (κ2) is 8.28. The zero-order chi connectivity index (χ0) is 20.3. The summed E-state index contributed by atoms with van der Waals surface area (Å²) in [5, 5.41) is 18.1. The number of nitro groups is 1. The lowest BCUT2D eigenvalue weighted by atomic mass is 10.1. The lowest BCUT2D eigenvalue weighted by Gasteiger charge is -2.09. The smallest absolute Gasteiger partial charge is 0.350 e. The molecule has 2 aromatic heterocycles. The number of nitrogens with one attached hydrogen (secondary N) is 1. The second-order valence-electron chi connectivity index (χ2n) is 5.80. The molecule has 0 saturated heterocycles. The number of anilines is 1. The Balaban J connectivity index is 1.66. The van der Waals surface area contributed by atoms with Crippen molar-refractivity contribution in [1.82, 2.24) is 4.98 Å². The maximum absolute atomic E-state index is 12.3. The minimum Gasteiger partial charge on any atom is -0.451 e. The number of rotatable bonds is 6. The summed E-state index contributed by atoms with van der Waals surface area (Å²) in [6.07, 6.45) is 0. The molecule has 0 unspecified atom stereocenters. The summed E-state index contributed by atoms with van der Waals surface area (Å²) in [5.41, 5.74) is 1.83. The van der Waals surface area contributed by atoms with Crippen molar-refractivity contribution in [3.05, 3.63) is 61.3 Å². The summed E-state index contributed by atoms with van der Waals surface area (Å²) in [4.78, 5) is 39.6. The fourth-order valence-corrected chi connectivity index (χ4v) is 4.11. The van der Waals surface area contributed by atoms with Crippen LogP contribution in [0.5, 0.6) is 0 Å². The van der Waals surface area contributed by atoms with E-state index in [1.54, 1.807) is 19.9 Å². The van der Waals surface area contributed by atoms with E-state index >= 15 is 0 Å². The molecule has 0 aliphatic carbocycles. The summed E-state index contributed by atoms with van der Waals surface area (Å²) in [6, 6.07) is 6.37. The van der Waals surface area contributed by atoms with E-state index in [1.807, 2.05) is 16.8 Å². The molecule has 0 fully saturated rings. The molecule has 0 aliphatic heterocycles. The van der Waals surface area contributed by atoms with Crippen molar-refractivity contribution in [2.45, 2.75) is 13.8 Å². The zero-order valence-corrected chi connectivity index (χ0v) is 16.6. The SMILES string of the molecule is Cc1cccc([N+](=O)[O-])c1NC(=O)COC(=O)c1sc(-c2ccsc2)nc1C. The quantitative estimate of drug-likeness (QED) is 0.366. The molecule has 0 spiro atoms. The monoisotopic (exact) mass is 417 g/mol. The van der Waals surface area contributed by atoms with Gasteiger partial charge in [-0.05, 0) is 30.9 Å². The number of nitrogens with zero attached hydrogens (tertiary/aromatic N) is 2. The van der Waals surface area contributed by atoms with Crippen LogP contribution in [0.4, 0.5) is 11.4 Å². The molecule has 3 aromatic rings. The van der Waals surface area contributed by atoms with Gasteiger partial charge < -0.3 is 10.1 Å². The van der Waals surface area contributed by atoms with E-state index < -0.39 is 23.4 Å². The summed E-state index contributed by atoms with van der Waals surface area (Å²) in [5.74, 6) is -1.32. The maximum Gasteiger partial charge on any atom is 0.350 e. The Morgan fingerprint density at radius 2 is 2.07 bits per heavy atom. The van der Waals surface area contributed by atoms with Gasteiger partial charge >= 0.3 is 5.97 Å². The van der Waals surface area contributed by atoms with Crippen LogP contribution in [0.25, 0.3) is 10.6 Å². The first-order valence-corrected chi connectivity index (χ1v) is 9.83. The van der Waals surface area contributed by atoms with E-state index in [1.165, 1.54) is 34.8 Å². The van der Waals surface area contributed by atoms with Gasteiger partial charge in [-0.2, -0.15) is 11.3 Å². The van der Waals surface area contributed by atoms with Crippen LogP contribution in [0.15, 0.2) is 35.0 Å². The Bertz CT molecular complexity index is 1040. The van der Waals surface area contributed by atoms with Crippen LogP contribution in [-0.2, 0) is 9.53 Å². The predicted octanol–water partition coefficient (Wildman–Crippen LogP) is 4.19. The zero-order valence-electron chi connectivity index (χ0n) is 14.9. The van der Waals surface area contributed by atoms with Crippen LogP contribution >= 0.6 is 22.7 Å². The number of amides is 1. The third-order valence-corrected chi connectivity index (χ3v) is 5.67. The number of ether oxygens (including phenoxy) is 1. The number of carbonyl (C=O) groups excluding carboxylic acids is 2. The summed E-state index contributed by atoms with van der Waals surface area (Å²) >= 11 is 2.72. The van der Waals surface area contributed by atoms with E-state index in [9.17, 15) is 19.7 Å². The Kier molecular flexibility index (Phi) is 5.81. The maximum atomic E-state index is 12.3. The number of hydrogen-bond donors (Lipinski definition) is 1. The molecule has 2 heterocycles. The standard InChI is InChI=1S/C18H15N3O5S2/c1-10-4-3-5-13(21(24)25)15(10)20-14(22)8-26-18(23)16-11(2)19-17(28-16)12-6-7-27-9-12/h3-7,9H,8H2,1-2H3,(H,20,22). The Morgan fingerprint density at radius 3 is 2.75 bits per heavy atom. The van der Waals surface area contributed by atoms with Crippen molar-refractivity contribution in [2.24, 2.45) is 0 Å². The van der Waals surface area contributed by atoms with Crippen LogP contribution in [0, 0.1) is 24.0 Å². The molecule has 3 rings (SSSR count).